The number of aliphatic hydroxyl groups excluding tert-OH is 1. The minimum absolute atomic E-state index is 0.489. The molecule has 1 N–H and O–H groups in total. The molecule has 2 aromatic carbocycles. The van der Waals surface area contributed by atoms with Gasteiger partial charge in [0.25, 0.3) is 0 Å². The highest BCUT2D eigenvalue weighted by molar-refractivity contribution is 5.85. The van der Waals surface area contributed by atoms with Crippen molar-refractivity contribution < 1.29 is 28.8 Å². The van der Waals surface area contributed by atoms with E-state index in [0.717, 1.165) is 62.5 Å². The highest BCUT2D eigenvalue weighted by Gasteiger charge is 2.23. The lowest BCUT2D eigenvalue weighted by atomic mass is 9.93. The molecule has 0 saturated heterocycles. The Morgan fingerprint density at radius 2 is 1.09 bits per heavy atom. The maximum atomic E-state index is 11.0. The summed E-state index contributed by atoms with van der Waals surface area (Å²) in [6.45, 7) is 15.3. The number of carbonyl (C=O) groups is 1. The molecule has 182 valence electrons. The predicted molar refractivity (Wildman–Crippen MR) is 133 cm³/mol. The topological polar surface area (TPSA) is 74.2 Å². The standard InChI is InChI=1S/C15H22O3.C12H16O3/c1-7-8-12(16)13-11(4)14(17-5)9(2)10(3)15(13)18-6;1-7-8(2)12(15-5)10(6-13)9(3)11(7)14-4/h7,12,16H,1,8H2,2-6H3;6H,1-5H3. The van der Waals surface area contributed by atoms with Crippen molar-refractivity contribution in [2.24, 2.45) is 0 Å². The molecule has 33 heavy (non-hydrogen) atoms. The zero-order valence-corrected chi connectivity index (χ0v) is 21.6. The Kier molecular flexibility index (Phi) is 10.5. The molecule has 2 aromatic rings. The zero-order valence-electron chi connectivity index (χ0n) is 21.6. The van der Waals surface area contributed by atoms with Gasteiger partial charge >= 0.3 is 0 Å². The molecule has 0 heterocycles. The van der Waals surface area contributed by atoms with E-state index in [2.05, 4.69) is 6.58 Å². The SMILES string of the molecule is C=CCC(O)c1c(C)c(OC)c(C)c(C)c1OC.COc1c(C)c(C)c(OC)c(C=O)c1C. The van der Waals surface area contributed by atoms with Gasteiger partial charge in [-0.1, -0.05) is 6.08 Å². The van der Waals surface area contributed by atoms with Crippen LogP contribution >= 0.6 is 0 Å². The molecule has 0 aliphatic rings. The molecule has 0 aromatic heterocycles. The minimum atomic E-state index is -0.620. The van der Waals surface area contributed by atoms with Gasteiger partial charge in [-0.3, -0.25) is 4.79 Å². The summed E-state index contributed by atoms with van der Waals surface area (Å²) in [6.07, 6.45) is 2.38. The average molecular weight is 459 g/mol. The fourth-order valence-electron chi connectivity index (χ4n) is 4.19. The van der Waals surface area contributed by atoms with Crippen LogP contribution < -0.4 is 18.9 Å². The van der Waals surface area contributed by atoms with Gasteiger partial charge < -0.3 is 24.1 Å². The van der Waals surface area contributed by atoms with Crippen molar-refractivity contribution in [3.8, 4) is 23.0 Å². The maximum absolute atomic E-state index is 11.0. The molecule has 2 rings (SSSR count). The summed E-state index contributed by atoms with van der Waals surface area (Å²) >= 11 is 0. The van der Waals surface area contributed by atoms with Crippen LogP contribution in [-0.4, -0.2) is 39.8 Å². The Morgan fingerprint density at radius 3 is 1.48 bits per heavy atom. The molecule has 1 unspecified atom stereocenters. The second kappa shape index (κ2) is 12.3. The first-order valence-corrected chi connectivity index (χ1v) is 10.7. The fourth-order valence-corrected chi connectivity index (χ4v) is 4.19. The lowest BCUT2D eigenvalue weighted by Gasteiger charge is -2.23. The van der Waals surface area contributed by atoms with Crippen molar-refractivity contribution in [2.45, 2.75) is 54.1 Å². The van der Waals surface area contributed by atoms with Gasteiger partial charge in [-0.25, -0.2) is 0 Å². The van der Waals surface area contributed by atoms with Gasteiger partial charge in [-0.2, -0.15) is 0 Å². The number of benzene rings is 2. The molecule has 0 amide bonds. The van der Waals surface area contributed by atoms with Crippen LogP contribution in [0.1, 0.15) is 61.8 Å². The lowest BCUT2D eigenvalue weighted by Crippen LogP contribution is -2.07. The van der Waals surface area contributed by atoms with Crippen LogP contribution in [0.15, 0.2) is 12.7 Å². The number of rotatable bonds is 8. The van der Waals surface area contributed by atoms with Gasteiger partial charge in [0.15, 0.2) is 6.29 Å². The van der Waals surface area contributed by atoms with E-state index in [1.807, 2.05) is 41.5 Å². The van der Waals surface area contributed by atoms with Crippen molar-refractivity contribution in [2.75, 3.05) is 28.4 Å². The number of methoxy groups -OCH3 is 4. The molecule has 0 bridgehead atoms. The van der Waals surface area contributed by atoms with E-state index in [1.165, 1.54) is 0 Å². The molecule has 0 radical (unpaired) electrons. The van der Waals surface area contributed by atoms with E-state index >= 15 is 0 Å². The van der Waals surface area contributed by atoms with Crippen LogP contribution in [0.5, 0.6) is 23.0 Å². The van der Waals surface area contributed by atoms with Crippen molar-refractivity contribution in [3.05, 3.63) is 57.2 Å². The minimum Gasteiger partial charge on any atom is -0.496 e. The zero-order chi connectivity index (χ0) is 25.5. The Labute approximate surface area is 198 Å². The molecule has 0 aliphatic heterocycles. The fraction of sp³-hybridized carbons (Fsp3) is 0.444. The van der Waals surface area contributed by atoms with E-state index in [-0.39, 0.29) is 0 Å². The van der Waals surface area contributed by atoms with E-state index in [1.54, 1.807) is 34.5 Å². The first kappa shape index (κ1) is 28.0. The highest BCUT2D eigenvalue weighted by atomic mass is 16.5. The van der Waals surface area contributed by atoms with Crippen molar-refractivity contribution in [1.29, 1.82) is 0 Å². The summed E-state index contributed by atoms with van der Waals surface area (Å²) in [4.78, 5) is 11.0. The molecule has 0 aliphatic carbocycles. The molecule has 6 heteroatoms. The summed E-state index contributed by atoms with van der Waals surface area (Å²) in [5.41, 5.74) is 7.10. The van der Waals surface area contributed by atoms with Gasteiger partial charge in [0.1, 0.15) is 23.0 Å². The first-order valence-electron chi connectivity index (χ1n) is 10.7. The normalized spacial score (nSPS) is 11.1. The quantitative estimate of drug-likeness (QED) is 0.405. The van der Waals surface area contributed by atoms with E-state index in [0.29, 0.717) is 17.7 Å². The second-order valence-corrected chi connectivity index (χ2v) is 7.87. The molecule has 0 saturated carbocycles. The third kappa shape index (κ3) is 5.50. The number of ether oxygens (including phenoxy) is 4. The Balaban J connectivity index is 0.000000335. The van der Waals surface area contributed by atoms with Crippen molar-refractivity contribution in [1.82, 2.24) is 0 Å². The van der Waals surface area contributed by atoms with Gasteiger partial charge in [0.05, 0.1) is 40.1 Å². The van der Waals surface area contributed by atoms with Crippen molar-refractivity contribution >= 4 is 6.29 Å². The van der Waals surface area contributed by atoms with Crippen LogP contribution in [0, 0.1) is 41.5 Å². The molecule has 0 fully saturated rings. The first-order chi connectivity index (χ1) is 15.6. The lowest BCUT2D eigenvalue weighted by molar-refractivity contribution is 0.111. The molecule has 6 nitrogen and oxygen atoms in total. The summed E-state index contributed by atoms with van der Waals surface area (Å²) in [5.74, 6) is 2.95. The highest BCUT2D eigenvalue weighted by Crippen LogP contribution is 2.41. The largest absolute Gasteiger partial charge is 0.496 e. The van der Waals surface area contributed by atoms with Crippen LogP contribution in [0.25, 0.3) is 0 Å². The number of hydrogen-bond acceptors (Lipinski definition) is 6. The number of aliphatic hydroxyl groups is 1. The van der Waals surface area contributed by atoms with E-state index in [9.17, 15) is 9.90 Å². The summed E-state index contributed by atoms with van der Waals surface area (Å²) < 4.78 is 21.4. The van der Waals surface area contributed by atoms with Gasteiger partial charge in [-0.15, -0.1) is 6.58 Å². The number of carbonyl (C=O) groups excluding carboxylic acids is 1. The summed E-state index contributed by atoms with van der Waals surface area (Å²) in [7, 11) is 6.44. The molecular weight excluding hydrogens is 420 g/mol. The number of aldehydes is 1. The van der Waals surface area contributed by atoms with Crippen LogP contribution in [0.4, 0.5) is 0 Å². The number of hydrogen-bond donors (Lipinski definition) is 1. The Hall–Kier alpha value is -2.99. The maximum Gasteiger partial charge on any atom is 0.154 e. The van der Waals surface area contributed by atoms with Crippen LogP contribution in [-0.2, 0) is 0 Å². The molecule has 0 spiro atoms. The Bertz CT molecular complexity index is 1010. The van der Waals surface area contributed by atoms with Crippen LogP contribution in [0.3, 0.4) is 0 Å². The van der Waals surface area contributed by atoms with Gasteiger partial charge in [0.2, 0.25) is 0 Å². The van der Waals surface area contributed by atoms with E-state index < -0.39 is 6.10 Å². The van der Waals surface area contributed by atoms with E-state index in [4.69, 9.17) is 18.9 Å². The summed E-state index contributed by atoms with van der Waals surface area (Å²) in [6, 6.07) is 0. The van der Waals surface area contributed by atoms with Crippen molar-refractivity contribution in [3.63, 3.8) is 0 Å². The monoisotopic (exact) mass is 458 g/mol. The average Bonchev–Trinajstić information content (AvgIpc) is 2.79. The van der Waals surface area contributed by atoms with Gasteiger partial charge in [-0.05, 0) is 70.2 Å². The summed E-state index contributed by atoms with van der Waals surface area (Å²) in [5, 5.41) is 10.2. The second-order valence-electron chi connectivity index (χ2n) is 7.87. The predicted octanol–water partition coefficient (Wildman–Crippen LogP) is 5.68. The van der Waals surface area contributed by atoms with Crippen LogP contribution in [0.2, 0.25) is 0 Å². The molecule has 1 atom stereocenters. The third-order valence-corrected chi connectivity index (χ3v) is 6.12. The Morgan fingerprint density at radius 1 is 0.697 bits per heavy atom. The smallest absolute Gasteiger partial charge is 0.154 e. The third-order valence-electron chi connectivity index (χ3n) is 6.12. The van der Waals surface area contributed by atoms with Gasteiger partial charge in [0, 0.05) is 16.7 Å². The molecular formula is C27H38O6.